The van der Waals surface area contributed by atoms with Crippen molar-refractivity contribution in [3.8, 4) is 0 Å². The molecule has 25 heavy (non-hydrogen) atoms. The van der Waals surface area contributed by atoms with Crippen LogP contribution in [0.2, 0.25) is 0 Å². The summed E-state index contributed by atoms with van der Waals surface area (Å²) in [5.41, 5.74) is 9.35. The van der Waals surface area contributed by atoms with Gasteiger partial charge in [0.2, 0.25) is 0 Å². The van der Waals surface area contributed by atoms with Crippen molar-refractivity contribution in [2.45, 2.75) is 70.9 Å². The molecular formula is C23H33NO. The summed E-state index contributed by atoms with van der Waals surface area (Å²) in [4.78, 5) is 0. The topological polar surface area (TPSA) is 46.2 Å². The van der Waals surface area contributed by atoms with Crippen LogP contribution in [0.1, 0.15) is 70.7 Å². The molecule has 2 heteroatoms. The zero-order valence-corrected chi connectivity index (χ0v) is 16.7. The van der Waals surface area contributed by atoms with Gasteiger partial charge in [0.25, 0.3) is 0 Å². The Morgan fingerprint density at radius 1 is 0.640 bits per heavy atom. The molecule has 0 amide bonds. The molecule has 2 rings (SSSR count). The zero-order valence-electron chi connectivity index (χ0n) is 16.7. The lowest BCUT2D eigenvalue weighted by Gasteiger charge is -2.34. The highest BCUT2D eigenvalue weighted by atomic mass is 16.3. The first kappa shape index (κ1) is 19.7. The van der Waals surface area contributed by atoms with Crippen LogP contribution in [0.3, 0.4) is 0 Å². The first-order chi connectivity index (χ1) is 11.4. The van der Waals surface area contributed by atoms with E-state index in [1.54, 1.807) is 0 Å². The summed E-state index contributed by atoms with van der Waals surface area (Å²) in [5.74, 6) is 0. The lowest BCUT2D eigenvalue weighted by atomic mass is 9.78. The largest absolute Gasteiger partial charge is 0.379 e. The summed E-state index contributed by atoms with van der Waals surface area (Å²) in [6.45, 7) is 15.0. The molecule has 0 aliphatic carbocycles. The molecular weight excluding hydrogens is 306 g/mol. The maximum absolute atomic E-state index is 11.5. The monoisotopic (exact) mass is 339 g/mol. The van der Waals surface area contributed by atoms with Crippen LogP contribution in [-0.2, 0) is 16.4 Å². The summed E-state index contributed by atoms with van der Waals surface area (Å²) in [5, 5.41) is 11.5. The number of nitrogens with two attached hydrogens (primary N) is 1. The van der Waals surface area contributed by atoms with E-state index in [2.05, 4.69) is 65.8 Å². The normalized spacial score (nSPS) is 14.4. The Morgan fingerprint density at radius 2 is 0.880 bits per heavy atom. The number of hydrogen-bond donors (Lipinski definition) is 2. The number of aliphatic hydroxyl groups is 1. The lowest BCUT2D eigenvalue weighted by molar-refractivity contribution is 0.0578. The molecule has 136 valence electrons. The Morgan fingerprint density at radius 3 is 1.08 bits per heavy atom. The molecule has 0 aliphatic heterocycles. The van der Waals surface area contributed by atoms with Crippen molar-refractivity contribution in [1.82, 2.24) is 0 Å². The fourth-order valence-electron chi connectivity index (χ4n) is 3.14. The van der Waals surface area contributed by atoms with Crippen LogP contribution < -0.4 is 5.73 Å². The van der Waals surface area contributed by atoms with Gasteiger partial charge in [0, 0.05) is 6.04 Å². The SMILES string of the molecule is CC(N)C(O)(c1ccc(C(C)(C)C)cc1)c1ccc(C(C)(C)C)cc1. The average Bonchev–Trinajstić information content (AvgIpc) is 2.52. The minimum absolute atomic E-state index is 0.0827. The van der Waals surface area contributed by atoms with E-state index in [0.29, 0.717) is 0 Å². The van der Waals surface area contributed by atoms with Crippen LogP contribution in [0.15, 0.2) is 48.5 Å². The molecule has 0 aliphatic rings. The van der Waals surface area contributed by atoms with E-state index < -0.39 is 11.6 Å². The van der Waals surface area contributed by atoms with Gasteiger partial charge in [-0.1, -0.05) is 90.1 Å². The summed E-state index contributed by atoms with van der Waals surface area (Å²) < 4.78 is 0. The zero-order chi connectivity index (χ0) is 19.0. The molecule has 0 radical (unpaired) electrons. The Labute approximate surface area is 153 Å². The maximum atomic E-state index is 11.5. The van der Waals surface area contributed by atoms with E-state index in [0.717, 1.165) is 11.1 Å². The Bertz CT molecular complexity index is 640. The average molecular weight is 340 g/mol. The van der Waals surface area contributed by atoms with Crippen molar-refractivity contribution >= 4 is 0 Å². The number of benzene rings is 2. The molecule has 1 atom stereocenters. The quantitative estimate of drug-likeness (QED) is 0.838. The van der Waals surface area contributed by atoms with Crippen molar-refractivity contribution in [3.05, 3.63) is 70.8 Å². The maximum Gasteiger partial charge on any atom is 0.129 e. The van der Waals surface area contributed by atoms with Gasteiger partial charge in [0.05, 0.1) is 0 Å². The van der Waals surface area contributed by atoms with Crippen LogP contribution in [0.4, 0.5) is 0 Å². The van der Waals surface area contributed by atoms with Gasteiger partial charge >= 0.3 is 0 Å². The van der Waals surface area contributed by atoms with Crippen LogP contribution in [0.25, 0.3) is 0 Å². The van der Waals surface area contributed by atoms with Gasteiger partial charge in [0.1, 0.15) is 5.60 Å². The molecule has 0 saturated heterocycles. The minimum atomic E-state index is -1.20. The Kier molecular flexibility index (Phi) is 5.18. The predicted octanol–water partition coefficient (Wildman–Crippen LogP) is 4.86. The molecule has 0 spiro atoms. The van der Waals surface area contributed by atoms with Crippen LogP contribution in [-0.4, -0.2) is 11.1 Å². The molecule has 0 heterocycles. The third-order valence-corrected chi connectivity index (χ3v) is 5.04. The lowest BCUT2D eigenvalue weighted by Crippen LogP contribution is -2.44. The number of rotatable bonds is 3. The van der Waals surface area contributed by atoms with Crippen LogP contribution in [0, 0.1) is 0 Å². The summed E-state index contributed by atoms with van der Waals surface area (Å²) >= 11 is 0. The van der Waals surface area contributed by atoms with E-state index in [4.69, 9.17) is 5.73 Å². The van der Waals surface area contributed by atoms with E-state index in [-0.39, 0.29) is 10.8 Å². The second-order valence-electron chi connectivity index (χ2n) is 9.21. The standard InChI is InChI=1S/C23H33NO/c1-16(24)23(25,19-12-8-17(9-13-19)21(2,3)4)20-14-10-18(11-15-20)22(5,6)7/h8-16,25H,24H2,1-7H3. The van der Waals surface area contributed by atoms with Gasteiger partial charge in [-0.3, -0.25) is 0 Å². The second kappa shape index (κ2) is 6.59. The van der Waals surface area contributed by atoms with Crippen molar-refractivity contribution in [2.75, 3.05) is 0 Å². The van der Waals surface area contributed by atoms with E-state index in [1.807, 2.05) is 31.2 Å². The highest BCUT2D eigenvalue weighted by Gasteiger charge is 2.36. The van der Waals surface area contributed by atoms with E-state index in [1.165, 1.54) is 11.1 Å². The minimum Gasteiger partial charge on any atom is -0.379 e. The van der Waals surface area contributed by atoms with Gasteiger partial charge < -0.3 is 10.8 Å². The fourth-order valence-corrected chi connectivity index (χ4v) is 3.14. The summed E-state index contributed by atoms with van der Waals surface area (Å²) in [7, 11) is 0. The van der Waals surface area contributed by atoms with Crippen molar-refractivity contribution in [3.63, 3.8) is 0 Å². The van der Waals surface area contributed by atoms with Gasteiger partial charge in [-0.2, -0.15) is 0 Å². The van der Waals surface area contributed by atoms with Crippen LogP contribution >= 0.6 is 0 Å². The third-order valence-electron chi connectivity index (χ3n) is 5.04. The van der Waals surface area contributed by atoms with Crippen LogP contribution in [0.5, 0.6) is 0 Å². The molecule has 0 fully saturated rings. The molecule has 3 N–H and O–H groups in total. The van der Waals surface area contributed by atoms with Crippen molar-refractivity contribution in [1.29, 1.82) is 0 Å². The summed E-state index contributed by atoms with van der Waals surface area (Å²) in [6, 6.07) is 15.9. The predicted molar refractivity (Wildman–Crippen MR) is 107 cm³/mol. The van der Waals surface area contributed by atoms with Gasteiger partial charge in [-0.15, -0.1) is 0 Å². The smallest absolute Gasteiger partial charge is 0.129 e. The van der Waals surface area contributed by atoms with E-state index in [9.17, 15) is 5.11 Å². The molecule has 2 nitrogen and oxygen atoms in total. The van der Waals surface area contributed by atoms with Crippen molar-refractivity contribution in [2.24, 2.45) is 5.73 Å². The van der Waals surface area contributed by atoms with Crippen molar-refractivity contribution < 1.29 is 5.11 Å². The molecule has 1 unspecified atom stereocenters. The van der Waals surface area contributed by atoms with Gasteiger partial charge in [-0.25, -0.2) is 0 Å². The first-order valence-electron chi connectivity index (χ1n) is 9.07. The highest BCUT2D eigenvalue weighted by Crippen LogP contribution is 2.35. The Balaban J connectivity index is 2.48. The summed E-state index contributed by atoms with van der Waals surface area (Å²) in [6.07, 6.45) is 0. The van der Waals surface area contributed by atoms with Gasteiger partial charge in [0.15, 0.2) is 0 Å². The second-order valence-corrected chi connectivity index (χ2v) is 9.21. The van der Waals surface area contributed by atoms with Gasteiger partial charge in [-0.05, 0) is 40.0 Å². The first-order valence-corrected chi connectivity index (χ1v) is 9.07. The third kappa shape index (κ3) is 3.96. The molecule has 0 aromatic heterocycles. The molecule has 2 aromatic carbocycles. The van der Waals surface area contributed by atoms with E-state index >= 15 is 0 Å². The fraction of sp³-hybridized carbons (Fsp3) is 0.478. The highest BCUT2D eigenvalue weighted by molar-refractivity contribution is 5.41. The Hall–Kier alpha value is -1.64. The molecule has 2 aromatic rings. The molecule has 0 saturated carbocycles. The molecule has 0 bridgehead atoms. The number of hydrogen-bond acceptors (Lipinski definition) is 2.